The molecule has 1 unspecified atom stereocenters. The van der Waals surface area contributed by atoms with Crippen molar-refractivity contribution < 1.29 is 9.90 Å². The van der Waals surface area contributed by atoms with Gasteiger partial charge < -0.3 is 9.90 Å². The molecular formula is C6H8N2O2. The van der Waals surface area contributed by atoms with Crippen molar-refractivity contribution in [2.24, 2.45) is 0 Å². The molecule has 0 radical (unpaired) electrons. The summed E-state index contributed by atoms with van der Waals surface area (Å²) in [6.45, 7) is 0.233. The standard InChI is InChI=1S/C6H8N2O2/c9-5-6(10)4-8-3-1-2-7-8/h1-3,5-6,10H,4H2. The fourth-order valence-electron chi connectivity index (χ4n) is 0.643. The molecule has 0 saturated heterocycles. The Bertz CT molecular complexity index is 196. The summed E-state index contributed by atoms with van der Waals surface area (Å²) in [5.74, 6) is 0. The minimum atomic E-state index is -0.945. The minimum Gasteiger partial charge on any atom is -0.384 e. The first-order valence-electron chi connectivity index (χ1n) is 2.93. The third-order valence-corrected chi connectivity index (χ3v) is 1.09. The van der Waals surface area contributed by atoms with Gasteiger partial charge in [0.1, 0.15) is 12.4 Å². The van der Waals surface area contributed by atoms with Gasteiger partial charge in [-0.2, -0.15) is 5.10 Å². The number of rotatable bonds is 3. The first kappa shape index (κ1) is 6.95. The van der Waals surface area contributed by atoms with Crippen LogP contribution in [-0.4, -0.2) is 27.3 Å². The molecule has 0 amide bonds. The summed E-state index contributed by atoms with van der Waals surface area (Å²) in [4.78, 5) is 9.94. The molecule has 54 valence electrons. The van der Waals surface area contributed by atoms with Gasteiger partial charge in [0.25, 0.3) is 0 Å². The van der Waals surface area contributed by atoms with Gasteiger partial charge in [0.05, 0.1) is 6.54 Å². The van der Waals surface area contributed by atoms with Gasteiger partial charge >= 0.3 is 0 Å². The van der Waals surface area contributed by atoms with Gasteiger partial charge in [0.15, 0.2) is 0 Å². The Labute approximate surface area is 58.1 Å². The lowest BCUT2D eigenvalue weighted by Gasteiger charge is -2.00. The van der Waals surface area contributed by atoms with Crippen LogP contribution in [0.4, 0.5) is 0 Å². The maximum Gasteiger partial charge on any atom is 0.150 e. The first-order chi connectivity index (χ1) is 4.83. The highest BCUT2D eigenvalue weighted by atomic mass is 16.3. The lowest BCUT2D eigenvalue weighted by atomic mass is 10.4. The Hall–Kier alpha value is -1.16. The fourth-order valence-corrected chi connectivity index (χ4v) is 0.643. The van der Waals surface area contributed by atoms with E-state index in [1.807, 2.05) is 0 Å². The van der Waals surface area contributed by atoms with E-state index < -0.39 is 6.10 Å². The van der Waals surface area contributed by atoms with E-state index in [2.05, 4.69) is 5.10 Å². The molecule has 0 aliphatic heterocycles. The molecule has 1 N–H and O–H groups in total. The van der Waals surface area contributed by atoms with E-state index in [9.17, 15) is 4.79 Å². The highest BCUT2D eigenvalue weighted by Gasteiger charge is 2.00. The van der Waals surface area contributed by atoms with E-state index in [0.717, 1.165) is 0 Å². The van der Waals surface area contributed by atoms with Crippen LogP contribution in [0, 0.1) is 0 Å². The van der Waals surface area contributed by atoms with Gasteiger partial charge in [-0.1, -0.05) is 0 Å². The zero-order valence-corrected chi connectivity index (χ0v) is 5.34. The summed E-state index contributed by atoms with van der Waals surface area (Å²) in [6.07, 6.45) is 2.83. The SMILES string of the molecule is O=CC(O)Cn1cccn1. The molecule has 1 rings (SSSR count). The third-order valence-electron chi connectivity index (χ3n) is 1.09. The van der Waals surface area contributed by atoms with Crippen LogP contribution in [0.2, 0.25) is 0 Å². The van der Waals surface area contributed by atoms with Crippen LogP contribution in [0.3, 0.4) is 0 Å². The Morgan fingerprint density at radius 3 is 3.10 bits per heavy atom. The summed E-state index contributed by atoms with van der Waals surface area (Å²) >= 11 is 0. The number of aromatic nitrogens is 2. The number of aldehydes is 1. The highest BCUT2D eigenvalue weighted by Crippen LogP contribution is 1.86. The molecule has 4 nitrogen and oxygen atoms in total. The van der Waals surface area contributed by atoms with E-state index in [1.165, 1.54) is 4.68 Å². The molecule has 0 aliphatic carbocycles. The van der Waals surface area contributed by atoms with Crippen molar-refractivity contribution in [2.75, 3.05) is 0 Å². The number of carbonyl (C=O) groups excluding carboxylic acids is 1. The average molecular weight is 140 g/mol. The molecule has 1 heterocycles. The molecule has 1 aromatic rings. The number of nitrogens with zero attached hydrogens (tertiary/aromatic N) is 2. The maximum absolute atomic E-state index is 9.94. The molecule has 10 heavy (non-hydrogen) atoms. The van der Waals surface area contributed by atoms with Crippen molar-refractivity contribution in [3.8, 4) is 0 Å². The minimum absolute atomic E-state index is 0.233. The van der Waals surface area contributed by atoms with Gasteiger partial charge in [-0.3, -0.25) is 4.68 Å². The summed E-state index contributed by atoms with van der Waals surface area (Å²) in [5.41, 5.74) is 0. The van der Waals surface area contributed by atoms with Crippen molar-refractivity contribution in [1.29, 1.82) is 0 Å². The second-order valence-electron chi connectivity index (χ2n) is 1.93. The second kappa shape index (κ2) is 3.12. The lowest BCUT2D eigenvalue weighted by molar-refractivity contribution is -0.115. The second-order valence-corrected chi connectivity index (χ2v) is 1.93. The molecule has 4 heteroatoms. The number of aliphatic hydroxyl groups is 1. The lowest BCUT2D eigenvalue weighted by Crippen LogP contribution is -2.17. The van der Waals surface area contributed by atoms with Crippen LogP contribution >= 0.6 is 0 Å². The molecule has 0 aromatic carbocycles. The van der Waals surface area contributed by atoms with Gasteiger partial charge in [-0.25, -0.2) is 0 Å². The smallest absolute Gasteiger partial charge is 0.150 e. The fraction of sp³-hybridized carbons (Fsp3) is 0.333. The van der Waals surface area contributed by atoms with E-state index in [0.29, 0.717) is 6.29 Å². The van der Waals surface area contributed by atoms with Crippen molar-refractivity contribution in [1.82, 2.24) is 9.78 Å². The molecule has 0 fully saturated rings. The average Bonchev–Trinajstić information content (AvgIpc) is 2.40. The Kier molecular flexibility index (Phi) is 2.17. The predicted molar refractivity (Wildman–Crippen MR) is 34.3 cm³/mol. The first-order valence-corrected chi connectivity index (χ1v) is 2.93. The maximum atomic E-state index is 9.94. The normalized spacial score (nSPS) is 12.9. The molecule has 0 bridgehead atoms. The zero-order chi connectivity index (χ0) is 7.40. The molecule has 0 saturated carbocycles. The van der Waals surface area contributed by atoms with Crippen molar-refractivity contribution in [3.63, 3.8) is 0 Å². The van der Waals surface area contributed by atoms with Crippen LogP contribution in [0.1, 0.15) is 0 Å². The molecule has 1 atom stereocenters. The summed E-state index contributed by atoms with van der Waals surface area (Å²) in [7, 11) is 0. The van der Waals surface area contributed by atoms with E-state index >= 15 is 0 Å². The van der Waals surface area contributed by atoms with Crippen LogP contribution in [0.5, 0.6) is 0 Å². The quantitative estimate of drug-likeness (QED) is 0.573. The number of aliphatic hydroxyl groups excluding tert-OH is 1. The topological polar surface area (TPSA) is 55.1 Å². The highest BCUT2D eigenvalue weighted by molar-refractivity contribution is 5.55. The van der Waals surface area contributed by atoms with Gasteiger partial charge in [0, 0.05) is 12.4 Å². The Morgan fingerprint density at radius 1 is 1.80 bits per heavy atom. The van der Waals surface area contributed by atoms with E-state index in [1.54, 1.807) is 18.5 Å². The third kappa shape index (κ3) is 1.66. The molecule has 1 aromatic heterocycles. The van der Waals surface area contributed by atoms with Crippen molar-refractivity contribution >= 4 is 6.29 Å². The Balaban J connectivity index is 2.47. The number of hydrogen-bond acceptors (Lipinski definition) is 3. The van der Waals surface area contributed by atoms with E-state index in [-0.39, 0.29) is 6.54 Å². The van der Waals surface area contributed by atoms with Crippen LogP contribution < -0.4 is 0 Å². The monoisotopic (exact) mass is 140 g/mol. The number of hydrogen-bond donors (Lipinski definition) is 1. The van der Waals surface area contributed by atoms with Crippen LogP contribution in [0.25, 0.3) is 0 Å². The van der Waals surface area contributed by atoms with Crippen LogP contribution in [-0.2, 0) is 11.3 Å². The van der Waals surface area contributed by atoms with Crippen LogP contribution in [0.15, 0.2) is 18.5 Å². The molecular weight excluding hydrogens is 132 g/mol. The Morgan fingerprint density at radius 2 is 2.60 bits per heavy atom. The van der Waals surface area contributed by atoms with Gasteiger partial charge in [0.2, 0.25) is 0 Å². The van der Waals surface area contributed by atoms with Gasteiger partial charge in [-0.15, -0.1) is 0 Å². The largest absolute Gasteiger partial charge is 0.384 e. The van der Waals surface area contributed by atoms with E-state index in [4.69, 9.17) is 5.11 Å². The molecule has 0 spiro atoms. The number of carbonyl (C=O) groups is 1. The van der Waals surface area contributed by atoms with Gasteiger partial charge in [-0.05, 0) is 6.07 Å². The van der Waals surface area contributed by atoms with Crippen molar-refractivity contribution in [3.05, 3.63) is 18.5 Å². The predicted octanol–water partition coefficient (Wildman–Crippen LogP) is -0.557. The molecule has 0 aliphatic rings. The zero-order valence-electron chi connectivity index (χ0n) is 5.34. The summed E-state index contributed by atoms with van der Waals surface area (Å²) in [5, 5.41) is 12.6. The van der Waals surface area contributed by atoms with Crippen molar-refractivity contribution in [2.45, 2.75) is 12.6 Å². The summed E-state index contributed by atoms with van der Waals surface area (Å²) in [6, 6.07) is 1.73. The summed E-state index contributed by atoms with van der Waals surface area (Å²) < 4.78 is 1.50.